The number of aromatic nitrogens is 2. The van der Waals surface area contributed by atoms with Crippen molar-refractivity contribution in [1.82, 2.24) is 14.5 Å². The number of imidazole rings is 1. The maximum absolute atomic E-state index is 10.3. The lowest BCUT2D eigenvalue weighted by Gasteiger charge is -2.33. The van der Waals surface area contributed by atoms with Gasteiger partial charge in [-0.3, -0.25) is 4.90 Å². The summed E-state index contributed by atoms with van der Waals surface area (Å²) < 4.78 is 7.75. The van der Waals surface area contributed by atoms with Crippen molar-refractivity contribution in [1.29, 1.82) is 0 Å². The molecular formula is C19H27N3O2. The van der Waals surface area contributed by atoms with Crippen LogP contribution in [0.25, 0.3) is 0 Å². The predicted octanol–water partition coefficient (Wildman–Crippen LogP) is 2.73. The van der Waals surface area contributed by atoms with Crippen LogP contribution in [-0.2, 0) is 20.2 Å². The molecule has 0 radical (unpaired) electrons. The number of nitrogens with zero attached hydrogens (tertiary/aromatic N) is 3. The monoisotopic (exact) mass is 329 g/mol. The summed E-state index contributed by atoms with van der Waals surface area (Å²) in [6.07, 6.45) is 5.90. The van der Waals surface area contributed by atoms with Crippen molar-refractivity contribution >= 4 is 0 Å². The average molecular weight is 329 g/mol. The molecule has 1 saturated heterocycles. The smallest absolute Gasteiger partial charge is 0.146 e. The molecule has 24 heavy (non-hydrogen) atoms. The molecule has 0 aliphatic carbocycles. The molecular weight excluding hydrogens is 302 g/mol. The molecule has 1 N–H and O–H groups in total. The van der Waals surface area contributed by atoms with Gasteiger partial charge >= 0.3 is 0 Å². The van der Waals surface area contributed by atoms with Crippen LogP contribution in [0.4, 0.5) is 0 Å². The van der Waals surface area contributed by atoms with Gasteiger partial charge in [0.05, 0.1) is 5.60 Å². The molecule has 1 aromatic heterocycles. The lowest BCUT2D eigenvalue weighted by molar-refractivity contribution is -0.00502. The molecule has 1 aromatic carbocycles. The highest BCUT2D eigenvalue weighted by Gasteiger charge is 2.35. The Bertz CT molecular complexity index is 658. The number of benzene rings is 1. The first kappa shape index (κ1) is 17.0. The standard InChI is InChI=1S/C19H27N3O2/c1-19(2,23)17-5-4-11-22(17)13-15-6-8-16(9-7-15)24-14-18-20-10-12-21(18)3/h6-10,12,17,23H,4-5,11,13-14H2,1-3H3. The number of aryl methyl sites for hydroxylation is 1. The Kier molecular flexibility index (Phi) is 4.92. The molecule has 130 valence electrons. The van der Waals surface area contributed by atoms with Gasteiger partial charge in [-0.05, 0) is 50.9 Å². The summed E-state index contributed by atoms with van der Waals surface area (Å²) in [5.41, 5.74) is 0.595. The summed E-state index contributed by atoms with van der Waals surface area (Å²) in [4.78, 5) is 6.63. The molecule has 2 aromatic rings. The molecule has 1 aliphatic rings. The van der Waals surface area contributed by atoms with Gasteiger partial charge in [-0.25, -0.2) is 4.98 Å². The Hall–Kier alpha value is -1.85. The summed E-state index contributed by atoms with van der Waals surface area (Å²) in [5, 5.41) is 10.3. The van der Waals surface area contributed by atoms with Crippen molar-refractivity contribution in [2.75, 3.05) is 6.54 Å². The van der Waals surface area contributed by atoms with E-state index in [1.54, 1.807) is 6.20 Å². The van der Waals surface area contributed by atoms with Crippen LogP contribution in [0.3, 0.4) is 0 Å². The van der Waals surface area contributed by atoms with Gasteiger partial charge in [0.2, 0.25) is 0 Å². The molecule has 0 saturated carbocycles. The van der Waals surface area contributed by atoms with Gasteiger partial charge in [-0.1, -0.05) is 12.1 Å². The Morgan fingerprint density at radius 1 is 1.29 bits per heavy atom. The third-order valence-electron chi connectivity index (χ3n) is 4.78. The second kappa shape index (κ2) is 6.95. The number of rotatable bonds is 6. The SMILES string of the molecule is Cn1ccnc1COc1ccc(CN2CCCC2C(C)(C)O)cc1. The minimum atomic E-state index is -0.651. The van der Waals surface area contributed by atoms with Crippen molar-refractivity contribution in [3.8, 4) is 5.75 Å². The van der Waals surface area contributed by atoms with Crippen molar-refractivity contribution in [3.63, 3.8) is 0 Å². The first-order chi connectivity index (χ1) is 11.4. The van der Waals surface area contributed by atoms with E-state index >= 15 is 0 Å². The van der Waals surface area contributed by atoms with E-state index in [1.807, 2.05) is 43.8 Å². The second-order valence-electron chi connectivity index (χ2n) is 7.17. The molecule has 0 spiro atoms. The Morgan fingerprint density at radius 3 is 2.67 bits per heavy atom. The maximum atomic E-state index is 10.3. The summed E-state index contributed by atoms with van der Waals surface area (Å²) >= 11 is 0. The van der Waals surface area contributed by atoms with Crippen LogP contribution < -0.4 is 4.74 Å². The van der Waals surface area contributed by atoms with Gasteiger partial charge in [0.1, 0.15) is 18.2 Å². The number of likely N-dealkylation sites (tertiary alicyclic amines) is 1. The van der Waals surface area contributed by atoms with Crippen LogP contribution in [0, 0.1) is 0 Å². The Balaban J connectivity index is 1.57. The minimum absolute atomic E-state index is 0.233. The first-order valence-electron chi connectivity index (χ1n) is 8.58. The van der Waals surface area contributed by atoms with E-state index in [0.29, 0.717) is 6.61 Å². The van der Waals surface area contributed by atoms with Crippen LogP contribution in [0.2, 0.25) is 0 Å². The van der Waals surface area contributed by atoms with E-state index in [9.17, 15) is 5.11 Å². The van der Waals surface area contributed by atoms with Gasteiger partial charge in [0, 0.05) is 32.0 Å². The highest BCUT2D eigenvalue weighted by molar-refractivity contribution is 5.27. The zero-order valence-corrected chi connectivity index (χ0v) is 14.8. The third-order valence-corrected chi connectivity index (χ3v) is 4.78. The molecule has 5 nitrogen and oxygen atoms in total. The maximum Gasteiger partial charge on any atom is 0.146 e. The van der Waals surface area contributed by atoms with Crippen LogP contribution in [0.15, 0.2) is 36.7 Å². The van der Waals surface area contributed by atoms with Crippen LogP contribution in [-0.4, -0.2) is 37.7 Å². The number of hydrogen-bond acceptors (Lipinski definition) is 4. The molecule has 5 heteroatoms. The van der Waals surface area contributed by atoms with Crippen molar-refractivity contribution < 1.29 is 9.84 Å². The average Bonchev–Trinajstić information content (AvgIpc) is 3.15. The quantitative estimate of drug-likeness (QED) is 0.885. The topological polar surface area (TPSA) is 50.5 Å². The van der Waals surface area contributed by atoms with Crippen molar-refractivity contribution in [2.45, 2.75) is 51.5 Å². The van der Waals surface area contributed by atoms with E-state index in [4.69, 9.17) is 4.74 Å². The molecule has 1 aliphatic heterocycles. The van der Waals surface area contributed by atoms with Gasteiger partial charge in [0.15, 0.2) is 0 Å². The van der Waals surface area contributed by atoms with Crippen molar-refractivity contribution in [3.05, 3.63) is 48.0 Å². The van der Waals surface area contributed by atoms with E-state index < -0.39 is 5.60 Å². The van der Waals surface area contributed by atoms with E-state index in [-0.39, 0.29) is 6.04 Å². The molecule has 0 amide bonds. The van der Waals surface area contributed by atoms with Crippen LogP contribution >= 0.6 is 0 Å². The molecule has 1 atom stereocenters. The second-order valence-corrected chi connectivity index (χ2v) is 7.17. The lowest BCUT2D eigenvalue weighted by Crippen LogP contribution is -2.45. The normalized spacial score (nSPS) is 18.9. The predicted molar refractivity (Wildman–Crippen MR) is 93.7 cm³/mol. The zero-order chi connectivity index (χ0) is 17.2. The van der Waals surface area contributed by atoms with Gasteiger partial charge in [-0.15, -0.1) is 0 Å². The first-order valence-corrected chi connectivity index (χ1v) is 8.58. The zero-order valence-electron chi connectivity index (χ0n) is 14.8. The van der Waals surface area contributed by atoms with E-state index in [2.05, 4.69) is 22.0 Å². The fourth-order valence-electron chi connectivity index (χ4n) is 3.42. The van der Waals surface area contributed by atoms with Crippen LogP contribution in [0.1, 0.15) is 38.1 Å². The van der Waals surface area contributed by atoms with Gasteiger partial charge in [0.25, 0.3) is 0 Å². The molecule has 1 unspecified atom stereocenters. The van der Waals surface area contributed by atoms with Gasteiger partial charge < -0.3 is 14.4 Å². The Labute approximate surface area is 143 Å². The molecule has 0 bridgehead atoms. The number of hydrogen-bond donors (Lipinski definition) is 1. The third kappa shape index (κ3) is 3.97. The van der Waals surface area contributed by atoms with E-state index in [0.717, 1.165) is 37.5 Å². The van der Waals surface area contributed by atoms with E-state index in [1.165, 1.54) is 5.56 Å². The van der Waals surface area contributed by atoms with Crippen LogP contribution in [0.5, 0.6) is 5.75 Å². The lowest BCUT2D eigenvalue weighted by atomic mass is 9.96. The molecule has 1 fully saturated rings. The summed E-state index contributed by atoms with van der Waals surface area (Å²) in [7, 11) is 1.96. The fourth-order valence-corrected chi connectivity index (χ4v) is 3.42. The molecule has 2 heterocycles. The highest BCUT2D eigenvalue weighted by atomic mass is 16.5. The highest BCUT2D eigenvalue weighted by Crippen LogP contribution is 2.28. The largest absolute Gasteiger partial charge is 0.486 e. The summed E-state index contributed by atoms with van der Waals surface area (Å²) in [6, 6.07) is 8.46. The summed E-state index contributed by atoms with van der Waals surface area (Å²) in [5.74, 6) is 1.76. The van der Waals surface area contributed by atoms with Crippen molar-refractivity contribution in [2.24, 2.45) is 7.05 Å². The minimum Gasteiger partial charge on any atom is -0.486 e. The fraction of sp³-hybridized carbons (Fsp3) is 0.526. The number of aliphatic hydroxyl groups is 1. The Morgan fingerprint density at radius 2 is 2.04 bits per heavy atom. The summed E-state index contributed by atoms with van der Waals surface area (Å²) in [6.45, 7) is 6.20. The van der Waals surface area contributed by atoms with Gasteiger partial charge in [-0.2, -0.15) is 0 Å². The number of ether oxygens (including phenoxy) is 1. The molecule has 3 rings (SSSR count).